The molecule has 3 atom stereocenters. The summed E-state index contributed by atoms with van der Waals surface area (Å²) in [6, 6.07) is -0.266. The van der Waals surface area contributed by atoms with Crippen molar-refractivity contribution in [2.45, 2.75) is 51.2 Å². The van der Waals surface area contributed by atoms with Crippen LogP contribution in [-0.2, 0) is 17.1 Å². The fraction of sp³-hybridized carbons (Fsp3) is 0.600. The predicted octanol–water partition coefficient (Wildman–Crippen LogP) is 3.70. The van der Waals surface area contributed by atoms with Crippen molar-refractivity contribution in [3.05, 3.63) is 45.4 Å². The number of piperidine rings is 1. The van der Waals surface area contributed by atoms with Gasteiger partial charge in [-0.2, -0.15) is 5.70 Å². The molecule has 0 saturated carbocycles. The summed E-state index contributed by atoms with van der Waals surface area (Å²) in [5.41, 5.74) is 9.19. The van der Waals surface area contributed by atoms with Crippen LogP contribution in [0.15, 0.2) is 34.1 Å². The molecule has 0 radical (unpaired) electrons. The van der Waals surface area contributed by atoms with Gasteiger partial charge in [-0.3, -0.25) is 0 Å². The van der Waals surface area contributed by atoms with Gasteiger partial charge >= 0.3 is 29.1 Å². The number of hydrogen-bond donors (Lipinski definition) is 0. The van der Waals surface area contributed by atoms with Crippen LogP contribution in [0.3, 0.4) is 0 Å². The Morgan fingerprint density at radius 3 is 2.06 bits per heavy atom. The summed E-state index contributed by atoms with van der Waals surface area (Å²) in [4.78, 5) is 22.8. The van der Waals surface area contributed by atoms with Gasteiger partial charge in [0.15, 0.2) is 0 Å². The summed E-state index contributed by atoms with van der Waals surface area (Å²) in [7, 11) is 6.48. The topological polar surface area (TPSA) is 128 Å². The zero-order valence-corrected chi connectivity index (χ0v) is 20.6. The molecule has 0 bridgehead atoms. The van der Waals surface area contributed by atoms with Crippen molar-refractivity contribution in [2.75, 3.05) is 28.2 Å². The normalized spacial score (nSPS) is 27.1. The molecular formula is C20H30CuN10O2-3. The van der Waals surface area contributed by atoms with E-state index < -0.39 is 0 Å². The molecule has 0 aromatic rings. The van der Waals surface area contributed by atoms with E-state index in [1.807, 2.05) is 25.2 Å². The average molecular weight is 506 g/mol. The standard InChI is InChI=1S/C10H17N5O.C10H13N5O.Cu/c2*1-7-5-4-6-8(11-7)9-12-14(2)10(16)15(3)13-9;/h7-8H,4-6H2,1-3H3;4-6,8H,1-3H3;/q2*-2;+1. The Hall–Kier alpha value is -2.76. The van der Waals surface area contributed by atoms with Crippen molar-refractivity contribution in [1.29, 1.82) is 0 Å². The van der Waals surface area contributed by atoms with Gasteiger partial charge in [-0.25, -0.2) is 9.59 Å². The van der Waals surface area contributed by atoms with Gasteiger partial charge in [-0.1, -0.05) is 69.1 Å². The summed E-state index contributed by atoms with van der Waals surface area (Å²) in [6.45, 7) is 4.02. The third kappa shape index (κ3) is 6.62. The SMILES string of the molecule is CC1=CC=CC(C2=NN(C)C(=O)N(C)[N-]2)[N-]1.CC1CCCC(C2=NN(C)C(=O)N(C)[N-]2)[N-]1.[Cu+]. The molecule has 0 aromatic heterocycles. The van der Waals surface area contributed by atoms with E-state index in [4.69, 9.17) is 0 Å². The molecule has 4 amide bonds. The number of amides is 4. The van der Waals surface area contributed by atoms with Crippen LogP contribution in [0.2, 0.25) is 0 Å². The van der Waals surface area contributed by atoms with Crippen LogP contribution in [0.4, 0.5) is 9.59 Å². The number of urea groups is 2. The molecule has 0 aliphatic carbocycles. The predicted molar refractivity (Wildman–Crippen MR) is 124 cm³/mol. The third-order valence-corrected chi connectivity index (χ3v) is 5.19. The first-order chi connectivity index (χ1) is 15.2. The van der Waals surface area contributed by atoms with Gasteiger partial charge in [-0.05, 0) is 0 Å². The zero-order valence-electron chi connectivity index (χ0n) is 19.7. The number of nitrogens with zero attached hydrogens (tertiary/aromatic N) is 10. The first-order valence-electron chi connectivity index (χ1n) is 10.5. The molecule has 0 aromatic carbocycles. The Morgan fingerprint density at radius 2 is 1.52 bits per heavy atom. The van der Waals surface area contributed by atoms with Crippen LogP contribution in [0.5, 0.6) is 0 Å². The van der Waals surface area contributed by atoms with Gasteiger partial charge in [0.2, 0.25) is 0 Å². The summed E-state index contributed by atoms with van der Waals surface area (Å²) in [5.74, 6) is 1.17. The maximum absolute atomic E-state index is 11.4. The van der Waals surface area contributed by atoms with Gasteiger partial charge in [0, 0.05) is 28.2 Å². The minimum atomic E-state index is -0.254. The van der Waals surface area contributed by atoms with Crippen LogP contribution in [0.25, 0.3) is 21.5 Å². The van der Waals surface area contributed by atoms with Crippen LogP contribution in [0, 0.1) is 0 Å². The minimum Gasteiger partial charge on any atom is -0.679 e. The summed E-state index contributed by atoms with van der Waals surface area (Å²) >= 11 is 0. The molecule has 4 heterocycles. The molecule has 0 spiro atoms. The molecule has 1 fully saturated rings. The van der Waals surface area contributed by atoms with Crippen molar-refractivity contribution >= 4 is 23.7 Å². The number of rotatable bonds is 2. The molecule has 13 heteroatoms. The molecular weight excluding hydrogens is 476 g/mol. The molecule has 186 valence electrons. The van der Waals surface area contributed by atoms with E-state index in [1.54, 1.807) is 28.2 Å². The Balaban J connectivity index is 0.000000227. The zero-order chi connectivity index (χ0) is 23.4. The van der Waals surface area contributed by atoms with Crippen LogP contribution < -0.4 is 0 Å². The van der Waals surface area contributed by atoms with Crippen molar-refractivity contribution < 1.29 is 26.7 Å². The second-order valence-corrected chi connectivity index (χ2v) is 7.99. The summed E-state index contributed by atoms with van der Waals surface area (Å²) in [5, 5.41) is 22.4. The molecule has 3 unspecified atom stereocenters. The Labute approximate surface area is 205 Å². The summed E-state index contributed by atoms with van der Waals surface area (Å²) < 4.78 is 0. The van der Waals surface area contributed by atoms with Crippen molar-refractivity contribution in [2.24, 2.45) is 10.2 Å². The maximum Gasteiger partial charge on any atom is 1.00 e. The van der Waals surface area contributed by atoms with Crippen molar-refractivity contribution in [3.8, 4) is 0 Å². The van der Waals surface area contributed by atoms with Crippen molar-refractivity contribution in [1.82, 2.24) is 20.0 Å². The molecule has 0 N–H and O–H groups in total. The van der Waals surface area contributed by atoms with E-state index in [9.17, 15) is 9.59 Å². The quantitative estimate of drug-likeness (QED) is 0.530. The Bertz CT molecular complexity index is 858. The largest absolute Gasteiger partial charge is 1.00 e. The second-order valence-electron chi connectivity index (χ2n) is 7.99. The van der Waals surface area contributed by atoms with E-state index in [-0.39, 0.29) is 41.2 Å². The van der Waals surface area contributed by atoms with Gasteiger partial charge in [0.25, 0.3) is 0 Å². The van der Waals surface area contributed by atoms with Crippen LogP contribution in [0.1, 0.15) is 33.1 Å². The van der Waals surface area contributed by atoms with E-state index in [0.717, 1.165) is 25.0 Å². The number of carbonyl (C=O) groups is 2. The first kappa shape index (κ1) is 26.5. The Kier molecular flexibility index (Phi) is 9.15. The fourth-order valence-electron chi connectivity index (χ4n) is 3.50. The van der Waals surface area contributed by atoms with Crippen molar-refractivity contribution in [3.63, 3.8) is 0 Å². The van der Waals surface area contributed by atoms with Crippen LogP contribution >= 0.6 is 0 Å². The first-order valence-corrected chi connectivity index (χ1v) is 10.5. The van der Waals surface area contributed by atoms with Gasteiger partial charge in [0.05, 0.1) is 0 Å². The number of allylic oxidation sites excluding steroid dienone is 3. The fourth-order valence-corrected chi connectivity index (χ4v) is 3.50. The van der Waals surface area contributed by atoms with E-state index >= 15 is 0 Å². The monoisotopic (exact) mass is 505 g/mol. The minimum absolute atomic E-state index is 0. The number of carbonyl (C=O) groups excluding carboxylic acids is 2. The van der Waals surface area contributed by atoms with E-state index in [0.29, 0.717) is 17.7 Å². The molecule has 1 saturated heterocycles. The molecule has 4 aliphatic rings. The smallest absolute Gasteiger partial charge is 0.679 e. The van der Waals surface area contributed by atoms with E-state index in [1.165, 1.54) is 20.0 Å². The van der Waals surface area contributed by atoms with Gasteiger partial charge in [-0.15, -0.1) is 12.1 Å². The third-order valence-electron chi connectivity index (χ3n) is 5.19. The number of hydrogen-bond acceptors (Lipinski definition) is 4. The Morgan fingerprint density at radius 1 is 0.939 bits per heavy atom. The molecule has 33 heavy (non-hydrogen) atoms. The molecule has 12 nitrogen and oxygen atoms in total. The molecule has 4 aliphatic heterocycles. The van der Waals surface area contributed by atoms with Gasteiger partial charge in [0.1, 0.15) is 0 Å². The average Bonchev–Trinajstić information content (AvgIpc) is 2.75. The molecule has 4 rings (SSSR count). The number of amidine groups is 2. The van der Waals surface area contributed by atoms with E-state index in [2.05, 4.69) is 38.6 Å². The summed E-state index contributed by atoms with van der Waals surface area (Å²) in [6.07, 6.45) is 8.98. The second kappa shape index (κ2) is 11.4. The van der Waals surface area contributed by atoms with Crippen LogP contribution in [-0.4, -0.2) is 90.1 Å². The number of hydrazone groups is 2. The maximum atomic E-state index is 11.4. The van der Waals surface area contributed by atoms with Gasteiger partial charge < -0.3 is 51.7 Å².